The van der Waals surface area contributed by atoms with Gasteiger partial charge in [-0.05, 0) is 25.2 Å². The molecule has 0 spiro atoms. The van der Waals surface area contributed by atoms with E-state index < -0.39 is 0 Å². The van der Waals surface area contributed by atoms with Crippen molar-refractivity contribution in [2.24, 2.45) is 11.3 Å². The van der Waals surface area contributed by atoms with E-state index >= 15 is 0 Å². The van der Waals surface area contributed by atoms with Crippen LogP contribution in [0.3, 0.4) is 0 Å². The first-order valence-corrected chi connectivity index (χ1v) is 8.40. The predicted molar refractivity (Wildman–Crippen MR) is 83.8 cm³/mol. The molecule has 0 aromatic carbocycles. The predicted octanol–water partition coefficient (Wildman–Crippen LogP) is 2.67. The molecule has 4 nitrogen and oxygen atoms in total. The average Bonchev–Trinajstić information content (AvgIpc) is 3.29. The number of hydrogen-bond donors (Lipinski definition) is 0. The summed E-state index contributed by atoms with van der Waals surface area (Å²) in [7, 11) is 0. The fourth-order valence-corrected chi connectivity index (χ4v) is 3.45. The first kappa shape index (κ1) is 16.3. The minimum absolute atomic E-state index is 0.256. The van der Waals surface area contributed by atoms with Crippen LogP contribution in [0.2, 0.25) is 0 Å². The Labute approximate surface area is 128 Å². The molecule has 2 aliphatic rings. The fraction of sp³-hybridized carbons (Fsp3) is 0.882. The van der Waals surface area contributed by atoms with Crippen LogP contribution in [-0.4, -0.2) is 46.8 Å². The molecular formula is C17H30N2O2. The first-order chi connectivity index (χ1) is 9.80. The number of rotatable bonds is 7. The highest BCUT2D eigenvalue weighted by atomic mass is 16.2. The standard InChI is InChI=1S/C17H30N2O2/c1-6-13-10-18(13)15(20)8-12(3)9-17(4,5)16(21)19-11-14(19)7-2/h12-14H,6-11H2,1-5H3. The van der Waals surface area contributed by atoms with Gasteiger partial charge in [-0.1, -0.05) is 34.6 Å². The van der Waals surface area contributed by atoms with Crippen LogP contribution in [-0.2, 0) is 9.59 Å². The van der Waals surface area contributed by atoms with Gasteiger partial charge >= 0.3 is 0 Å². The van der Waals surface area contributed by atoms with E-state index in [2.05, 4.69) is 20.8 Å². The molecular weight excluding hydrogens is 264 g/mol. The van der Waals surface area contributed by atoms with Crippen molar-refractivity contribution in [2.75, 3.05) is 13.1 Å². The summed E-state index contributed by atoms with van der Waals surface area (Å²) in [5.74, 6) is 0.775. The summed E-state index contributed by atoms with van der Waals surface area (Å²) in [4.78, 5) is 28.5. The van der Waals surface area contributed by atoms with E-state index in [-0.39, 0.29) is 23.1 Å². The van der Waals surface area contributed by atoms with Gasteiger partial charge in [0.2, 0.25) is 11.8 Å². The molecule has 3 atom stereocenters. The fourth-order valence-electron chi connectivity index (χ4n) is 3.45. The molecule has 0 bridgehead atoms. The Morgan fingerprint density at radius 2 is 1.62 bits per heavy atom. The number of nitrogens with zero attached hydrogens (tertiary/aromatic N) is 2. The van der Waals surface area contributed by atoms with Crippen molar-refractivity contribution in [2.45, 2.75) is 72.4 Å². The van der Waals surface area contributed by atoms with Crippen molar-refractivity contribution in [1.82, 2.24) is 9.80 Å². The van der Waals surface area contributed by atoms with E-state index in [1.807, 2.05) is 23.6 Å². The molecule has 21 heavy (non-hydrogen) atoms. The molecule has 0 aromatic rings. The lowest BCUT2D eigenvalue weighted by molar-refractivity contribution is -0.136. The third-order valence-corrected chi connectivity index (χ3v) is 4.91. The van der Waals surface area contributed by atoms with Crippen molar-refractivity contribution < 1.29 is 9.59 Å². The smallest absolute Gasteiger partial charge is 0.228 e. The SMILES string of the molecule is CCC1CN1C(=O)CC(C)CC(C)(C)C(=O)N1CC1CC. The van der Waals surface area contributed by atoms with Crippen LogP contribution in [0.4, 0.5) is 0 Å². The van der Waals surface area contributed by atoms with Crippen LogP contribution in [0.25, 0.3) is 0 Å². The van der Waals surface area contributed by atoms with Crippen LogP contribution in [0.5, 0.6) is 0 Å². The van der Waals surface area contributed by atoms with E-state index in [9.17, 15) is 9.59 Å². The van der Waals surface area contributed by atoms with Crippen molar-refractivity contribution >= 4 is 11.8 Å². The van der Waals surface area contributed by atoms with Crippen molar-refractivity contribution in [3.8, 4) is 0 Å². The van der Waals surface area contributed by atoms with Crippen molar-refractivity contribution in [3.63, 3.8) is 0 Å². The van der Waals surface area contributed by atoms with Crippen LogP contribution in [0.1, 0.15) is 60.3 Å². The third kappa shape index (κ3) is 3.78. The van der Waals surface area contributed by atoms with E-state index in [1.54, 1.807) is 0 Å². The van der Waals surface area contributed by atoms with Gasteiger partial charge in [0.1, 0.15) is 0 Å². The van der Waals surface area contributed by atoms with E-state index in [4.69, 9.17) is 0 Å². The Bertz CT molecular complexity index is 419. The topological polar surface area (TPSA) is 40.2 Å². The van der Waals surface area contributed by atoms with Gasteiger partial charge in [0, 0.05) is 37.0 Å². The Morgan fingerprint density at radius 3 is 2.10 bits per heavy atom. The highest BCUT2D eigenvalue weighted by Gasteiger charge is 2.44. The molecule has 2 aliphatic heterocycles. The lowest BCUT2D eigenvalue weighted by Gasteiger charge is -2.27. The lowest BCUT2D eigenvalue weighted by atomic mass is 9.81. The molecule has 2 fully saturated rings. The quantitative estimate of drug-likeness (QED) is 0.677. The second kappa shape index (κ2) is 5.98. The van der Waals surface area contributed by atoms with Gasteiger partial charge in [0.25, 0.3) is 0 Å². The Balaban J connectivity index is 1.79. The van der Waals surface area contributed by atoms with Gasteiger partial charge in [0.05, 0.1) is 0 Å². The second-order valence-corrected chi connectivity index (χ2v) is 7.53. The van der Waals surface area contributed by atoms with Crippen LogP contribution >= 0.6 is 0 Å². The molecule has 120 valence electrons. The summed E-state index contributed by atoms with van der Waals surface area (Å²) in [6, 6.07) is 0.929. The molecule has 3 unspecified atom stereocenters. The molecule has 0 aromatic heterocycles. The molecule has 2 heterocycles. The lowest BCUT2D eigenvalue weighted by Crippen LogP contribution is -2.33. The van der Waals surface area contributed by atoms with Crippen molar-refractivity contribution in [3.05, 3.63) is 0 Å². The van der Waals surface area contributed by atoms with Gasteiger partial charge in [-0.25, -0.2) is 0 Å². The minimum Gasteiger partial charge on any atom is -0.336 e. The van der Waals surface area contributed by atoms with Crippen LogP contribution in [0.15, 0.2) is 0 Å². The maximum absolute atomic E-state index is 12.5. The molecule has 0 aliphatic carbocycles. The van der Waals surface area contributed by atoms with Crippen LogP contribution < -0.4 is 0 Å². The molecule has 2 saturated heterocycles. The summed E-state index contributed by atoms with van der Waals surface area (Å²) in [5, 5.41) is 0. The third-order valence-electron chi connectivity index (χ3n) is 4.91. The highest BCUT2D eigenvalue weighted by molar-refractivity contribution is 5.84. The molecule has 4 heteroatoms. The molecule has 2 rings (SSSR count). The maximum atomic E-state index is 12.5. The summed E-state index contributed by atoms with van der Waals surface area (Å²) < 4.78 is 0. The number of carbonyl (C=O) groups excluding carboxylic acids is 2. The zero-order valence-corrected chi connectivity index (χ0v) is 14.2. The van der Waals surface area contributed by atoms with Gasteiger partial charge in [-0.2, -0.15) is 0 Å². The van der Waals surface area contributed by atoms with E-state index in [0.717, 1.165) is 32.4 Å². The second-order valence-electron chi connectivity index (χ2n) is 7.53. The normalized spacial score (nSPS) is 25.8. The van der Waals surface area contributed by atoms with E-state index in [0.29, 0.717) is 18.5 Å². The molecule has 0 saturated carbocycles. The summed E-state index contributed by atoms with van der Waals surface area (Å²) in [5.41, 5.74) is -0.355. The van der Waals surface area contributed by atoms with Gasteiger partial charge in [-0.3, -0.25) is 9.59 Å². The maximum Gasteiger partial charge on any atom is 0.228 e. The Kier molecular flexibility index (Phi) is 4.64. The highest BCUT2D eigenvalue weighted by Crippen LogP contribution is 2.35. The Morgan fingerprint density at radius 1 is 1.10 bits per heavy atom. The largest absolute Gasteiger partial charge is 0.336 e. The summed E-state index contributed by atoms with van der Waals surface area (Å²) in [6.45, 7) is 12.2. The molecule has 2 amide bonds. The number of amides is 2. The zero-order chi connectivity index (χ0) is 15.8. The summed E-state index contributed by atoms with van der Waals surface area (Å²) in [6.07, 6.45) is 3.46. The monoisotopic (exact) mass is 294 g/mol. The first-order valence-electron chi connectivity index (χ1n) is 8.40. The average molecular weight is 294 g/mol. The number of carbonyl (C=O) groups is 2. The zero-order valence-electron chi connectivity index (χ0n) is 14.2. The van der Waals surface area contributed by atoms with Crippen molar-refractivity contribution in [1.29, 1.82) is 0 Å². The van der Waals surface area contributed by atoms with Crippen LogP contribution in [0, 0.1) is 11.3 Å². The van der Waals surface area contributed by atoms with Gasteiger partial charge < -0.3 is 9.80 Å². The van der Waals surface area contributed by atoms with Gasteiger partial charge in [-0.15, -0.1) is 0 Å². The summed E-state index contributed by atoms with van der Waals surface area (Å²) >= 11 is 0. The minimum atomic E-state index is -0.355. The molecule has 0 radical (unpaired) electrons. The molecule has 0 N–H and O–H groups in total. The Hall–Kier alpha value is -1.06. The van der Waals surface area contributed by atoms with Gasteiger partial charge in [0.15, 0.2) is 0 Å². The van der Waals surface area contributed by atoms with E-state index in [1.165, 1.54) is 0 Å². The number of hydrogen-bond acceptors (Lipinski definition) is 2.